The van der Waals surface area contributed by atoms with Gasteiger partial charge in [-0.1, -0.05) is 19.8 Å². The molecule has 2 atom stereocenters. The fourth-order valence-corrected chi connectivity index (χ4v) is 3.97. The zero-order valence-corrected chi connectivity index (χ0v) is 13.3. The van der Waals surface area contributed by atoms with E-state index < -0.39 is 0 Å². The van der Waals surface area contributed by atoms with Crippen molar-refractivity contribution in [1.82, 2.24) is 15.3 Å². The van der Waals surface area contributed by atoms with Crippen LogP contribution in [0.25, 0.3) is 0 Å². The van der Waals surface area contributed by atoms with Crippen LogP contribution in [0.3, 0.4) is 0 Å². The van der Waals surface area contributed by atoms with Crippen molar-refractivity contribution in [2.24, 2.45) is 5.92 Å². The van der Waals surface area contributed by atoms with Crippen LogP contribution < -0.4 is 5.32 Å². The summed E-state index contributed by atoms with van der Waals surface area (Å²) >= 11 is 0. The second-order valence-corrected chi connectivity index (χ2v) is 6.65. The fraction of sp³-hybridized carbons (Fsp3) is 0.765. The SMILES string of the molecule is CCNC(c1ncc(C)cn1)C1CCOC2(CCCC2)C1. The molecule has 3 rings (SSSR count). The van der Waals surface area contributed by atoms with E-state index in [2.05, 4.69) is 22.2 Å². The minimum atomic E-state index is 0.154. The molecule has 2 aliphatic rings. The number of aromatic nitrogens is 2. The van der Waals surface area contributed by atoms with Crippen molar-refractivity contribution in [1.29, 1.82) is 0 Å². The Bertz CT molecular complexity index is 454. The maximum Gasteiger partial charge on any atom is 0.145 e. The predicted molar refractivity (Wildman–Crippen MR) is 83.1 cm³/mol. The monoisotopic (exact) mass is 289 g/mol. The molecule has 1 aliphatic heterocycles. The molecular weight excluding hydrogens is 262 g/mol. The summed E-state index contributed by atoms with van der Waals surface area (Å²) in [5.41, 5.74) is 1.27. The number of hydrogen-bond donors (Lipinski definition) is 1. The normalized spacial score (nSPS) is 26.1. The Kier molecular flexibility index (Phi) is 4.55. The molecule has 2 heterocycles. The molecule has 0 aromatic carbocycles. The van der Waals surface area contributed by atoms with E-state index >= 15 is 0 Å². The Morgan fingerprint density at radius 3 is 2.71 bits per heavy atom. The topological polar surface area (TPSA) is 47.0 Å². The number of ether oxygens (including phenoxy) is 1. The molecule has 4 heteroatoms. The third kappa shape index (κ3) is 3.27. The lowest BCUT2D eigenvalue weighted by molar-refractivity contribution is -0.0985. The van der Waals surface area contributed by atoms with Gasteiger partial charge in [0.15, 0.2) is 0 Å². The minimum Gasteiger partial charge on any atom is -0.375 e. The average Bonchev–Trinajstić information content (AvgIpc) is 2.94. The van der Waals surface area contributed by atoms with E-state index in [4.69, 9.17) is 4.74 Å². The average molecular weight is 289 g/mol. The second-order valence-electron chi connectivity index (χ2n) is 6.65. The van der Waals surface area contributed by atoms with Crippen molar-refractivity contribution < 1.29 is 4.74 Å². The van der Waals surface area contributed by atoms with Crippen LogP contribution in [0.1, 0.15) is 62.9 Å². The highest BCUT2D eigenvalue weighted by Crippen LogP contribution is 2.44. The molecular formula is C17H27N3O. The molecule has 1 saturated carbocycles. The molecule has 1 spiro atoms. The summed E-state index contributed by atoms with van der Waals surface area (Å²) in [6, 6.07) is 0.261. The van der Waals surface area contributed by atoms with Crippen LogP contribution in [0, 0.1) is 12.8 Å². The Labute approximate surface area is 127 Å². The molecule has 0 bridgehead atoms. The molecule has 1 aromatic rings. The summed E-state index contributed by atoms with van der Waals surface area (Å²) in [7, 11) is 0. The van der Waals surface area contributed by atoms with Crippen molar-refractivity contribution >= 4 is 0 Å². The Hall–Kier alpha value is -1.00. The zero-order valence-electron chi connectivity index (χ0n) is 13.3. The maximum atomic E-state index is 6.17. The Morgan fingerprint density at radius 2 is 2.05 bits per heavy atom. The highest BCUT2D eigenvalue weighted by atomic mass is 16.5. The van der Waals surface area contributed by atoms with Gasteiger partial charge in [0.1, 0.15) is 5.82 Å². The standard InChI is InChI=1S/C17H27N3O/c1-3-18-15(16-19-11-13(2)12-20-16)14-6-9-21-17(10-14)7-4-5-8-17/h11-12,14-15,18H,3-10H2,1-2H3. The van der Waals surface area contributed by atoms with E-state index in [9.17, 15) is 0 Å². The van der Waals surface area contributed by atoms with Crippen molar-refractivity contribution in [3.05, 3.63) is 23.8 Å². The van der Waals surface area contributed by atoms with E-state index in [-0.39, 0.29) is 11.6 Å². The van der Waals surface area contributed by atoms with Gasteiger partial charge in [-0.2, -0.15) is 0 Å². The Morgan fingerprint density at radius 1 is 1.33 bits per heavy atom. The van der Waals surface area contributed by atoms with Gasteiger partial charge in [-0.25, -0.2) is 9.97 Å². The van der Waals surface area contributed by atoms with Gasteiger partial charge in [0, 0.05) is 19.0 Å². The number of hydrogen-bond acceptors (Lipinski definition) is 4. The highest BCUT2D eigenvalue weighted by molar-refractivity contribution is 5.07. The first kappa shape index (κ1) is 14.9. The lowest BCUT2D eigenvalue weighted by Gasteiger charge is -2.41. The fourth-order valence-electron chi connectivity index (χ4n) is 3.97. The van der Waals surface area contributed by atoms with Crippen LogP contribution in [0.15, 0.2) is 12.4 Å². The van der Waals surface area contributed by atoms with Gasteiger partial charge in [-0.05, 0) is 50.6 Å². The van der Waals surface area contributed by atoms with Gasteiger partial charge in [0.2, 0.25) is 0 Å². The summed E-state index contributed by atoms with van der Waals surface area (Å²) in [5, 5.41) is 3.61. The van der Waals surface area contributed by atoms with Crippen LogP contribution in [-0.4, -0.2) is 28.7 Å². The third-order valence-electron chi connectivity index (χ3n) is 5.02. The van der Waals surface area contributed by atoms with E-state index in [0.717, 1.165) is 37.4 Å². The third-order valence-corrected chi connectivity index (χ3v) is 5.02. The number of aryl methyl sites for hydroxylation is 1. The lowest BCUT2D eigenvalue weighted by Crippen LogP contribution is -2.42. The summed E-state index contributed by atoms with van der Waals surface area (Å²) in [5.74, 6) is 1.53. The second kappa shape index (κ2) is 6.41. The Balaban J connectivity index is 1.78. The van der Waals surface area contributed by atoms with Crippen LogP contribution in [0.5, 0.6) is 0 Å². The van der Waals surface area contributed by atoms with Gasteiger partial charge in [-0.15, -0.1) is 0 Å². The molecule has 1 N–H and O–H groups in total. The molecule has 1 aliphatic carbocycles. The van der Waals surface area contributed by atoms with E-state index in [1.807, 2.05) is 19.3 Å². The minimum absolute atomic E-state index is 0.154. The first-order chi connectivity index (χ1) is 10.2. The first-order valence-corrected chi connectivity index (χ1v) is 8.38. The molecule has 21 heavy (non-hydrogen) atoms. The van der Waals surface area contributed by atoms with E-state index in [1.165, 1.54) is 25.7 Å². The molecule has 116 valence electrons. The zero-order chi connectivity index (χ0) is 14.7. The van der Waals surface area contributed by atoms with Gasteiger partial charge in [0.05, 0.1) is 11.6 Å². The molecule has 1 aromatic heterocycles. The first-order valence-electron chi connectivity index (χ1n) is 8.38. The van der Waals surface area contributed by atoms with Gasteiger partial charge < -0.3 is 10.1 Å². The van der Waals surface area contributed by atoms with Crippen LogP contribution >= 0.6 is 0 Å². The van der Waals surface area contributed by atoms with Gasteiger partial charge >= 0.3 is 0 Å². The van der Waals surface area contributed by atoms with Crippen molar-refractivity contribution in [3.8, 4) is 0 Å². The quantitative estimate of drug-likeness (QED) is 0.925. The highest BCUT2D eigenvalue weighted by Gasteiger charge is 2.42. The number of nitrogens with one attached hydrogen (secondary N) is 1. The molecule has 0 radical (unpaired) electrons. The van der Waals surface area contributed by atoms with Crippen molar-refractivity contribution in [2.45, 2.75) is 64.0 Å². The summed E-state index contributed by atoms with van der Waals surface area (Å²) in [4.78, 5) is 9.15. The molecule has 0 amide bonds. The number of nitrogens with zero attached hydrogens (tertiary/aromatic N) is 2. The summed E-state index contributed by atoms with van der Waals surface area (Å²) < 4.78 is 6.17. The van der Waals surface area contributed by atoms with E-state index in [1.54, 1.807) is 0 Å². The maximum absolute atomic E-state index is 6.17. The van der Waals surface area contributed by atoms with E-state index in [0.29, 0.717) is 5.92 Å². The van der Waals surface area contributed by atoms with Gasteiger partial charge in [0.25, 0.3) is 0 Å². The summed E-state index contributed by atoms with van der Waals surface area (Å²) in [6.45, 7) is 6.03. The molecule has 2 unspecified atom stereocenters. The molecule has 1 saturated heterocycles. The summed E-state index contributed by atoms with van der Waals surface area (Å²) in [6.07, 6.45) is 11.2. The van der Waals surface area contributed by atoms with Crippen molar-refractivity contribution in [3.63, 3.8) is 0 Å². The molecule has 4 nitrogen and oxygen atoms in total. The van der Waals surface area contributed by atoms with Crippen molar-refractivity contribution in [2.75, 3.05) is 13.2 Å². The molecule has 2 fully saturated rings. The smallest absolute Gasteiger partial charge is 0.145 e. The largest absolute Gasteiger partial charge is 0.375 e. The van der Waals surface area contributed by atoms with Crippen LogP contribution in [0.4, 0.5) is 0 Å². The predicted octanol–water partition coefficient (Wildman–Crippen LogP) is 3.18. The lowest BCUT2D eigenvalue weighted by atomic mass is 9.80. The van der Waals surface area contributed by atoms with Crippen LogP contribution in [-0.2, 0) is 4.74 Å². The van der Waals surface area contributed by atoms with Gasteiger partial charge in [-0.3, -0.25) is 0 Å². The van der Waals surface area contributed by atoms with Crippen LogP contribution in [0.2, 0.25) is 0 Å². The number of rotatable bonds is 4.